The van der Waals surface area contributed by atoms with Crippen LogP contribution in [-0.4, -0.2) is 24.1 Å². The molecule has 0 spiro atoms. The van der Waals surface area contributed by atoms with Crippen molar-refractivity contribution in [3.8, 4) is 0 Å². The zero-order valence-electron chi connectivity index (χ0n) is 7.16. The lowest BCUT2D eigenvalue weighted by molar-refractivity contribution is 0.201. The Morgan fingerprint density at radius 1 is 1.69 bits per heavy atom. The number of hydrogen-bond donors (Lipinski definition) is 3. The Labute approximate surface area is 76.2 Å². The highest BCUT2D eigenvalue weighted by Crippen LogP contribution is 2.18. The fourth-order valence-corrected chi connectivity index (χ4v) is 1.53. The fourth-order valence-electron chi connectivity index (χ4n) is 1.53. The summed E-state index contributed by atoms with van der Waals surface area (Å²) in [6.07, 6.45) is 5.75. The molecule has 5 nitrogen and oxygen atoms in total. The number of carbonyl (C=O) groups is 1. The van der Waals surface area contributed by atoms with Crippen LogP contribution in [0.15, 0.2) is 24.0 Å². The summed E-state index contributed by atoms with van der Waals surface area (Å²) < 4.78 is 0. The van der Waals surface area contributed by atoms with Crippen molar-refractivity contribution in [1.29, 1.82) is 0 Å². The largest absolute Gasteiger partial charge is 0.390 e. The molecule has 70 valence electrons. The molecule has 0 radical (unpaired) electrons. The molecule has 0 saturated carbocycles. The Morgan fingerprint density at radius 2 is 2.54 bits per heavy atom. The predicted molar refractivity (Wildman–Crippen MR) is 48.1 cm³/mol. The first-order chi connectivity index (χ1) is 6.27. The number of rotatable bonds is 0. The number of hydrazine groups is 1. The van der Waals surface area contributed by atoms with E-state index in [1.54, 1.807) is 0 Å². The number of nitrogens with zero attached hydrogens (tertiary/aromatic N) is 1. The molecule has 2 rings (SSSR count). The Hall–Kier alpha value is -1.65. The second-order valence-electron chi connectivity index (χ2n) is 3.15. The lowest BCUT2D eigenvalue weighted by atomic mass is 10.1. The summed E-state index contributed by atoms with van der Waals surface area (Å²) >= 11 is 0. The molecule has 1 atom stereocenters. The van der Waals surface area contributed by atoms with E-state index in [0.29, 0.717) is 12.5 Å². The maximum atomic E-state index is 10.9. The van der Waals surface area contributed by atoms with Crippen molar-refractivity contribution >= 4 is 6.03 Å². The van der Waals surface area contributed by atoms with Crippen molar-refractivity contribution < 1.29 is 4.79 Å². The monoisotopic (exact) mass is 180 g/mol. The van der Waals surface area contributed by atoms with E-state index in [1.807, 2.05) is 18.4 Å². The van der Waals surface area contributed by atoms with E-state index in [1.165, 1.54) is 5.01 Å². The van der Waals surface area contributed by atoms with Gasteiger partial charge in [0.05, 0.1) is 6.54 Å². The van der Waals surface area contributed by atoms with Gasteiger partial charge in [-0.05, 0) is 18.4 Å². The van der Waals surface area contributed by atoms with Crippen LogP contribution < -0.4 is 16.5 Å². The first-order valence-corrected chi connectivity index (χ1v) is 4.21. The molecule has 0 aromatic carbocycles. The second kappa shape index (κ2) is 3.01. The zero-order valence-corrected chi connectivity index (χ0v) is 7.16. The van der Waals surface area contributed by atoms with Gasteiger partial charge in [-0.3, -0.25) is 5.43 Å². The highest BCUT2D eigenvalue weighted by atomic mass is 16.2. The molecule has 2 amide bonds. The van der Waals surface area contributed by atoms with Gasteiger partial charge in [-0.25, -0.2) is 9.80 Å². The third-order valence-electron chi connectivity index (χ3n) is 2.23. The molecule has 13 heavy (non-hydrogen) atoms. The topological polar surface area (TPSA) is 70.4 Å². The molecule has 0 aromatic heterocycles. The first-order valence-electron chi connectivity index (χ1n) is 4.21. The number of hydrogen-bond acceptors (Lipinski definition) is 3. The SMILES string of the molecule is NC(=O)N1CC2CNC=CC=C2N1. The molecule has 0 aromatic rings. The number of nitrogens with two attached hydrogens (primary N) is 1. The summed E-state index contributed by atoms with van der Waals surface area (Å²) in [4.78, 5) is 10.9. The van der Waals surface area contributed by atoms with E-state index >= 15 is 0 Å². The van der Waals surface area contributed by atoms with E-state index < -0.39 is 6.03 Å². The molecule has 1 unspecified atom stereocenters. The quantitative estimate of drug-likeness (QED) is 0.471. The van der Waals surface area contributed by atoms with Crippen LogP contribution >= 0.6 is 0 Å². The van der Waals surface area contributed by atoms with Crippen molar-refractivity contribution in [1.82, 2.24) is 15.8 Å². The standard InChI is InChI=1S/C8H12N4O/c9-8(13)12-5-6-4-10-3-1-2-7(6)11-12/h1-3,6,10-11H,4-5H2,(H2,9,13). The molecule has 0 bridgehead atoms. The van der Waals surface area contributed by atoms with Crippen molar-refractivity contribution in [3.05, 3.63) is 24.0 Å². The van der Waals surface area contributed by atoms with Crippen molar-refractivity contribution in [3.63, 3.8) is 0 Å². The first kappa shape index (κ1) is 7.97. The van der Waals surface area contributed by atoms with Crippen LogP contribution in [-0.2, 0) is 0 Å². The number of primary amides is 1. The Balaban J connectivity index is 2.13. The molecule has 1 saturated heterocycles. The second-order valence-corrected chi connectivity index (χ2v) is 3.15. The molecular weight excluding hydrogens is 168 g/mol. The van der Waals surface area contributed by atoms with Crippen LogP contribution in [0.3, 0.4) is 0 Å². The van der Waals surface area contributed by atoms with Crippen LogP contribution in [0, 0.1) is 5.92 Å². The molecule has 5 heteroatoms. The van der Waals surface area contributed by atoms with Crippen LogP contribution in [0.2, 0.25) is 0 Å². The van der Waals surface area contributed by atoms with Crippen LogP contribution in [0.25, 0.3) is 0 Å². The smallest absolute Gasteiger partial charge is 0.333 e. The summed E-state index contributed by atoms with van der Waals surface area (Å²) in [5.74, 6) is 0.322. The average Bonchev–Trinajstić information content (AvgIpc) is 2.38. The average molecular weight is 180 g/mol. The maximum absolute atomic E-state index is 10.9. The zero-order chi connectivity index (χ0) is 9.26. The van der Waals surface area contributed by atoms with E-state index in [2.05, 4.69) is 10.7 Å². The molecular formula is C8H12N4O. The predicted octanol–water partition coefficient (Wildman–Crippen LogP) is -0.498. The number of nitrogens with one attached hydrogen (secondary N) is 2. The normalized spacial score (nSPS) is 25.4. The van der Waals surface area contributed by atoms with Gasteiger partial charge in [-0.15, -0.1) is 0 Å². The fraction of sp³-hybridized carbons (Fsp3) is 0.375. The molecule has 1 fully saturated rings. The van der Waals surface area contributed by atoms with Crippen LogP contribution in [0.1, 0.15) is 0 Å². The summed E-state index contributed by atoms with van der Waals surface area (Å²) in [5, 5.41) is 4.55. The Bertz CT molecular complexity index is 284. The lowest BCUT2D eigenvalue weighted by Crippen LogP contribution is -2.40. The van der Waals surface area contributed by atoms with Crippen LogP contribution in [0.4, 0.5) is 4.79 Å². The van der Waals surface area contributed by atoms with Gasteiger partial charge in [0.2, 0.25) is 0 Å². The number of fused-ring (bicyclic) bond motifs is 1. The Kier molecular flexibility index (Phi) is 1.84. The van der Waals surface area contributed by atoms with E-state index in [-0.39, 0.29) is 0 Å². The number of amides is 2. The lowest BCUT2D eigenvalue weighted by Gasteiger charge is -2.12. The van der Waals surface area contributed by atoms with Gasteiger partial charge in [0.25, 0.3) is 0 Å². The summed E-state index contributed by atoms with van der Waals surface area (Å²) in [6, 6.07) is -0.432. The minimum Gasteiger partial charge on any atom is -0.390 e. The van der Waals surface area contributed by atoms with Crippen LogP contribution in [0.5, 0.6) is 0 Å². The van der Waals surface area contributed by atoms with Crippen molar-refractivity contribution in [2.45, 2.75) is 0 Å². The van der Waals surface area contributed by atoms with E-state index in [0.717, 1.165) is 12.2 Å². The van der Waals surface area contributed by atoms with Gasteiger partial charge in [-0.2, -0.15) is 0 Å². The van der Waals surface area contributed by atoms with E-state index in [9.17, 15) is 4.79 Å². The minimum absolute atomic E-state index is 0.322. The summed E-state index contributed by atoms with van der Waals surface area (Å²) in [5.41, 5.74) is 9.15. The number of carbonyl (C=O) groups excluding carboxylic acids is 1. The third-order valence-corrected chi connectivity index (χ3v) is 2.23. The van der Waals surface area contributed by atoms with Crippen molar-refractivity contribution in [2.24, 2.45) is 11.7 Å². The van der Waals surface area contributed by atoms with Gasteiger partial charge in [0.15, 0.2) is 0 Å². The molecule has 4 N–H and O–H groups in total. The van der Waals surface area contributed by atoms with Gasteiger partial charge in [0.1, 0.15) is 0 Å². The highest BCUT2D eigenvalue weighted by molar-refractivity contribution is 5.72. The summed E-state index contributed by atoms with van der Waals surface area (Å²) in [6.45, 7) is 1.47. The van der Waals surface area contributed by atoms with Gasteiger partial charge >= 0.3 is 6.03 Å². The maximum Gasteiger partial charge on any atom is 0.333 e. The van der Waals surface area contributed by atoms with E-state index in [4.69, 9.17) is 5.73 Å². The summed E-state index contributed by atoms with van der Waals surface area (Å²) in [7, 11) is 0. The minimum atomic E-state index is -0.432. The molecule has 2 aliphatic rings. The Morgan fingerprint density at radius 3 is 3.31 bits per heavy atom. The van der Waals surface area contributed by atoms with Crippen molar-refractivity contribution in [2.75, 3.05) is 13.1 Å². The molecule has 2 aliphatic heterocycles. The highest BCUT2D eigenvalue weighted by Gasteiger charge is 2.28. The van der Waals surface area contributed by atoms with Gasteiger partial charge in [0, 0.05) is 18.2 Å². The van der Waals surface area contributed by atoms with Gasteiger partial charge in [-0.1, -0.05) is 0 Å². The third kappa shape index (κ3) is 1.44. The number of allylic oxidation sites excluding steroid dienone is 2. The molecule has 0 aliphatic carbocycles. The number of urea groups is 1. The van der Waals surface area contributed by atoms with Gasteiger partial charge < -0.3 is 11.1 Å². The molecule has 2 heterocycles.